The Labute approximate surface area is 177 Å². The number of ether oxygens (including phenoxy) is 1. The van der Waals surface area contributed by atoms with Crippen LogP contribution in [0.3, 0.4) is 0 Å². The van der Waals surface area contributed by atoms with Gasteiger partial charge in [0.25, 0.3) is 5.91 Å². The van der Waals surface area contributed by atoms with Crippen molar-refractivity contribution < 1.29 is 9.53 Å². The Hall–Kier alpha value is -2.08. The van der Waals surface area contributed by atoms with Gasteiger partial charge >= 0.3 is 0 Å². The highest BCUT2D eigenvalue weighted by atomic mass is 32.2. The standard InChI is InChI=1S/C23H29N3O2S/c1-14(2)28-17-8-6-15(7-9-17)12-18-20(27)24-21(29-18)26-25-19-13-16-10-11-23(19,5)22(16,3)4/h6-9,12,14,16H,10-11,13H2,1-5H3,(H,24,26,27)/b18-12+,25-19-/t16-,23+/m1/s1. The second-order valence-corrected chi connectivity index (χ2v) is 10.3. The Balaban J connectivity index is 1.48. The molecule has 1 heterocycles. The lowest BCUT2D eigenvalue weighted by atomic mass is 9.70. The van der Waals surface area contributed by atoms with Crippen LogP contribution < -0.4 is 10.1 Å². The third-order valence-electron chi connectivity index (χ3n) is 6.97. The Bertz CT molecular complexity index is 915. The molecule has 3 fully saturated rings. The van der Waals surface area contributed by atoms with Gasteiger partial charge in [-0.1, -0.05) is 32.9 Å². The van der Waals surface area contributed by atoms with Crippen molar-refractivity contribution in [2.75, 3.05) is 0 Å². The lowest BCUT2D eigenvalue weighted by molar-refractivity contribution is -0.115. The number of carbonyl (C=O) groups excluding carboxylic acids is 1. The first-order valence-electron chi connectivity index (χ1n) is 10.3. The molecule has 0 aromatic heterocycles. The fraction of sp³-hybridized carbons (Fsp3) is 0.522. The minimum atomic E-state index is -0.129. The van der Waals surface area contributed by atoms with Crippen molar-refractivity contribution in [1.29, 1.82) is 0 Å². The van der Waals surface area contributed by atoms with Crippen molar-refractivity contribution in [3.8, 4) is 5.75 Å². The predicted molar refractivity (Wildman–Crippen MR) is 120 cm³/mol. The lowest BCUT2D eigenvalue weighted by Gasteiger charge is -2.34. The molecule has 29 heavy (non-hydrogen) atoms. The highest BCUT2D eigenvalue weighted by Gasteiger charge is 2.60. The van der Waals surface area contributed by atoms with Crippen LogP contribution in [0, 0.1) is 16.7 Å². The van der Waals surface area contributed by atoms with Crippen molar-refractivity contribution in [2.45, 2.75) is 60.0 Å². The average Bonchev–Trinajstić information content (AvgIpc) is 3.18. The van der Waals surface area contributed by atoms with Crippen LogP contribution in [0.15, 0.2) is 39.4 Å². The van der Waals surface area contributed by atoms with Crippen LogP contribution in [0.4, 0.5) is 0 Å². The molecule has 4 rings (SSSR count). The van der Waals surface area contributed by atoms with Crippen molar-refractivity contribution in [1.82, 2.24) is 5.32 Å². The van der Waals surface area contributed by atoms with Gasteiger partial charge in [-0.15, -0.1) is 5.10 Å². The van der Waals surface area contributed by atoms with Crippen LogP contribution >= 0.6 is 11.8 Å². The third-order valence-corrected chi connectivity index (χ3v) is 7.87. The van der Waals surface area contributed by atoms with Gasteiger partial charge in [-0.25, -0.2) is 0 Å². The summed E-state index contributed by atoms with van der Waals surface area (Å²) in [7, 11) is 0. The second kappa shape index (κ2) is 7.31. The van der Waals surface area contributed by atoms with Gasteiger partial charge in [0.2, 0.25) is 0 Å². The van der Waals surface area contributed by atoms with Crippen LogP contribution in [-0.4, -0.2) is 22.9 Å². The molecule has 6 heteroatoms. The zero-order chi connectivity index (χ0) is 20.8. The summed E-state index contributed by atoms with van der Waals surface area (Å²) in [6.07, 6.45) is 5.48. The van der Waals surface area contributed by atoms with Gasteiger partial charge in [0.15, 0.2) is 5.17 Å². The van der Waals surface area contributed by atoms with Crippen LogP contribution in [0.1, 0.15) is 59.4 Å². The number of thioether (sulfide) groups is 1. The summed E-state index contributed by atoms with van der Waals surface area (Å²) in [5.74, 6) is 1.39. The largest absolute Gasteiger partial charge is 0.491 e. The molecule has 3 aliphatic rings. The Morgan fingerprint density at radius 3 is 2.52 bits per heavy atom. The summed E-state index contributed by atoms with van der Waals surface area (Å²) in [5.41, 5.74) is 2.52. The molecule has 2 atom stereocenters. The summed E-state index contributed by atoms with van der Waals surface area (Å²) >= 11 is 1.34. The summed E-state index contributed by atoms with van der Waals surface area (Å²) in [6.45, 7) is 11.0. The van der Waals surface area contributed by atoms with E-state index in [0.717, 1.165) is 17.7 Å². The molecule has 1 aromatic carbocycles. The number of amides is 1. The van der Waals surface area contributed by atoms with Crippen molar-refractivity contribution in [2.24, 2.45) is 27.0 Å². The van der Waals surface area contributed by atoms with Gasteiger partial charge in [-0.2, -0.15) is 5.10 Å². The molecule has 1 aliphatic heterocycles. The van der Waals surface area contributed by atoms with E-state index in [2.05, 4.69) is 36.3 Å². The number of benzene rings is 1. The average molecular weight is 412 g/mol. The number of amidine groups is 1. The maximum absolute atomic E-state index is 12.3. The lowest BCUT2D eigenvalue weighted by Crippen LogP contribution is -2.32. The first-order valence-corrected chi connectivity index (χ1v) is 11.1. The van der Waals surface area contributed by atoms with E-state index in [4.69, 9.17) is 4.74 Å². The first-order chi connectivity index (χ1) is 13.7. The van der Waals surface area contributed by atoms with E-state index in [-0.39, 0.29) is 22.8 Å². The number of nitrogens with one attached hydrogen (secondary N) is 1. The molecule has 0 unspecified atom stereocenters. The highest BCUT2D eigenvalue weighted by molar-refractivity contribution is 8.18. The van der Waals surface area contributed by atoms with Crippen molar-refractivity contribution in [3.63, 3.8) is 0 Å². The SMILES string of the molecule is CC(C)Oc1ccc(/C=C2/S/C(=N\N=C3\C[C@H]4CC[C@]3(C)C4(C)C)NC2=O)cc1. The van der Waals surface area contributed by atoms with E-state index in [1.54, 1.807) is 0 Å². The molecule has 0 radical (unpaired) electrons. The zero-order valence-electron chi connectivity index (χ0n) is 17.8. The van der Waals surface area contributed by atoms with E-state index in [9.17, 15) is 4.79 Å². The van der Waals surface area contributed by atoms with E-state index in [0.29, 0.717) is 16.0 Å². The van der Waals surface area contributed by atoms with Gasteiger partial charge in [-0.05, 0) is 80.0 Å². The number of carbonyl (C=O) groups is 1. The summed E-state index contributed by atoms with van der Waals surface area (Å²) < 4.78 is 5.66. The van der Waals surface area contributed by atoms with E-state index >= 15 is 0 Å². The van der Waals surface area contributed by atoms with Crippen LogP contribution in [0.5, 0.6) is 5.75 Å². The topological polar surface area (TPSA) is 63.1 Å². The normalized spacial score (nSPS) is 32.0. The number of nitrogens with zero attached hydrogens (tertiary/aromatic N) is 2. The molecule has 2 bridgehead atoms. The van der Waals surface area contributed by atoms with Crippen molar-refractivity contribution in [3.05, 3.63) is 34.7 Å². The quantitative estimate of drug-likeness (QED) is 0.545. The number of hydrogen-bond acceptors (Lipinski definition) is 5. The van der Waals surface area contributed by atoms with Crippen LogP contribution in [0.25, 0.3) is 6.08 Å². The summed E-state index contributed by atoms with van der Waals surface area (Å²) in [5, 5.41) is 12.4. The zero-order valence-corrected chi connectivity index (χ0v) is 18.6. The Morgan fingerprint density at radius 2 is 1.93 bits per heavy atom. The van der Waals surface area contributed by atoms with Gasteiger partial charge in [0.1, 0.15) is 5.75 Å². The molecule has 1 N–H and O–H groups in total. The van der Waals surface area contributed by atoms with Crippen LogP contribution in [0.2, 0.25) is 0 Å². The molecular weight excluding hydrogens is 382 g/mol. The van der Waals surface area contributed by atoms with E-state index in [1.165, 1.54) is 30.3 Å². The van der Waals surface area contributed by atoms with Gasteiger partial charge < -0.3 is 4.74 Å². The molecule has 1 aromatic rings. The number of rotatable bonds is 4. The van der Waals surface area contributed by atoms with Gasteiger partial charge in [0.05, 0.1) is 11.0 Å². The minimum absolute atomic E-state index is 0.119. The maximum atomic E-state index is 12.3. The monoisotopic (exact) mass is 411 g/mol. The van der Waals surface area contributed by atoms with Gasteiger partial charge in [-0.3, -0.25) is 10.1 Å². The first kappa shape index (κ1) is 20.2. The smallest absolute Gasteiger partial charge is 0.264 e. The Morgan fingerprint density at radius 1 is 1.21 bits per heavy atom. The molecule has 2 saturated carbocycles. The fourth-order valence-corrected chi connectivity index (χ4v) is 5.50. The molecule has 1 amide bonds. The maximum Gasteiger partial charge on any atom is 0.264 e. The number of fused-ring (bicyclic) bond motifs is 2. The molecule has 5 nitrogen and oxygen atoms in total. The molecule has 1 saturated heterocycles. The Kier molecular flexibility index (Phi) is 5.09. The third kappa shape index (κ3) is 3.63. The molecule has 0 spiro atoms. The van der Waals surface area contributed by atoms with E-state index < -0.39 is 0 Å². The number of hydrogen-bond donors (Lipinski definition) is 1. The van der Waals surface area contributed by atoms with E-state index in [1.807, 2.05) is 44.2 Å². The predicted octanol–water partition coefficient (Wildman–Crippen LogP) is 5.24. The summed E-state index contributed by atoms with van der Waals surface area (Å²) in [6, 6.07) is 7.74. The molecule has 154 valence electrons. The molecule has 2 aliphatic carbocycles. The highest BCUT2D eigenvalue weighted by Crippen LogP contribution is 2.64. The van der Waals surface area contributed by atoms with Gasteiger partial charge in [0, 0.05) is 11.1 Å². The van der Waals surface area contributed by atoms with Crippen molar-refractivity contribution >= 4 is 34.6 Å². The molecular formula is C23H29N3O2S. The van der Waals surface area contributed by atoms with Crippen LogP contribution in [-0.2, 0) is 4.79 Å². The fourth-order valence-electron chi connectivity index (χ4n) is 4.73. The minimum Gasteiger partial charge on any atom is -0.491 e. The second-order valence-electron chi connectivity index (χ2n) is 9.25. The summed E-state index contributed by atoms with van der Waals surface area (Å²) in [4.78, 5) is 13.0.